The van der Waals surface area contributed by atoms with Crippen LogP contribution < -0.4 is 5.32 Å². The van der Waals surface area contributed by atoms with Gasteiger partial charge in [0.25, 0.3) is 0 Å². The Morgan fingerprint density at radius 2 is 2.19 bits per heavy atom. The van der Waals surface area contributed by atoms with E-state index in [9.17, 15) is 0 Å². The number of rotatable bonds is 5. The van der Waals surface area contributed by atoms with Crippen molar-refractivity contribution in [3.63, 3.8) is 0 Å². The minimum atomic E-state index is 0.288. The lowest BCUT2D eigenvalue weighted by atomic mass is 10.1. The van der Waals surface area contributed by atoms with Crippen molar-refractivity contribution < 1.29 is 4.74 Å². The first kappa shape index (κ1) is 11.6. The summed E-state index contributed by atoms with van der Waals surface area (Å²) in [5, 5.41) is 6.88. The Bertz CT molecular complexity index is 452. The van der Waals surface area contributed by atoms with Crippen LogP contribution in [0.1, 0.15) is 18.5 Å². The number of likely N-dealkylation sites (N-methyl/N-ethyl adjacent to an activating group) is 1. The average Bonchev–Trinajstić information content (AvgIpc) is 2.75. The van der Waals surface area contributed by atoms with Gasteiger partial charge in [0.2, 0.25) is 0 Å². The summed E-state index contributed by atoms with van der Waals surface area (Å²) in [5.74, 6) is 0. The number of ether oxygens (including phenoxy) is 1. The average molecular weight is 235 g/mol. The van der Waals surface area contributed by atoms with Crippen LogP contribution in [0.3, 0.4) is 0 Å². The Labute approximate surface area is 100 Å². The Balaban J connectivity index is 2.30. The van der Waals surface area contributed by atoms with Gasteiger partial charge in [-0.05, 0) is 36.4 Å². The van der Waals surface area contributed by atoms with Crippen LogP contribution in [-0.2, 0) is 4.74 Å². The number of fused-ring (bicyclic) bond motifs is 1. The second kappa shape index (κ2) is 5.43. The quantitative estimate of drug-likeness (QED) is 0.859. The maximum Gasteiger partial charge on any atom is 0.0661 e. The molecule has 1 N–H and O–H groups in total. The molecule has 0 aliphatic rings. The largest absolute Gasteiger partial charge is 0.380 e. The normalized spacial score (nSPS) is 13.1. The molecule has 2 aromatic rings. The van der Waals surface area contributed by atoms with Gasteiger partial charge in [-0.25, -0.2) is 0 Å². The van der Waals surface area contributed by atoms with E-state index >= 15 is 0 Å². The monoisotopic (exact) mass is 235 g/mol. The summed E-state index contributed by atoms with van der Waals surface area (Å²) in [6.07, 6.45) is 0. The smallest absolute Gasteiger partial charge is 0.0661 e. The van der Waals surface area contributed by atoms with Gasteiger partial charge >= 0.3 is 0 Å². The van der Waals surface area contributed by atoms with Gasteiger partial charge < -0.3 is 10.1 Å². The van der Waals surface area contributed by atoms with E-state index in [1.54, 1.807) is 11.3 Å². The van der Waals surface area contributed by atoms with E-state index in [4.69, 9.17) is 4.74 Å². The third kappa shape index (κ3) is 2.26. The van der Waals surface area contributed by atoms with Crippen molar-refractivity contribution in [2.24, 2.45) is 0 Å². The van der Waals surface area contributed by atoms with Crippen molar-refractivity contribution in [2.75, 3.05) is 20.3 Å². The maximum absolute atomic E-state index is 5.50. The van der Waals surface area contributed by atoms with E-state index in [-0.39, 0.29) is 6.04 Å². The molecule has 1 atom stereocenters. The predicted octanol–water partition coefficient (Wildman–Crippen LogP) is 3.20. The molecule has 0 spiro atoms. The molecule has 1 heterocycles. The fraction of sp³-hybridized carbons (Fsp3) is 0.385. The fourth-order valence-corrected chi connectivity index (χ4v) is 2.85. The lowest BCUT2D eigenvalue weighted by Crippen LogP contribution is -2.21. The van der Waals surface area contributed by atoms with Gasteiger partial charge in [0, 0.05) is 11.3 Å². The zero-order valence-corrected chi connectivity index (χ0v) is 10.5. The van der Waals surface area contributed by atoms with Crippen molar-refractivity contribution in [2.45, 2.75) is 13.0 Å². The minimum absolute atomic E-state index is 0.288. The van der Waals surface area contributed by atoms with Gasteiger partial charge in [-0.3, -0.25) is 0 Å². The molecule has 0 bridgehead atoms. The first-order chi connectivity index (χ1) is 7.86. The third-order valence-corrected chi connectivity index (χ3v) is 3.71. The highest BCUT2D eigenvalue weighted by Crippen LogP contribution is 2.30. The number of benzene rings is 1. The SMILES string of the molecule is CCOCC(NC)c1csc2ccccc12. The Hall–Kier alpha value is -0.900. The van der Waals surface area contributed by atoms with E-state index in [1.807, 2.05) is 14.0 Å². The molecule has 0 amide bonds. The van der Waals surface area contributed by atoms with Gasteiger partial charge in [0.1, 0.15) is 0 Å². The number of hydrogen-bond donors (Lipinski definition) is 1. The second-order valence-electron chi connectivity index (χ2n) is 3.69. The molecule has 2 nitrogen and oxygen atoms in total. The summed E-state index contributed by atoms with van der Waals surface area (Å²) < 4.78 is 6.84. The van der Waals surface area contributed by atoms with Crippen LogP contribution in [0.25, 0.3) is 10.1 Å². The number of thiophene rings is 1. The zero-order valence-electron chi connectivity index (χ0n) is 9.69. The van der Waals surface area contributed by atoms with Gasteiger partial charge in [-0.15, -0.1) is 11.3 Å². The molecule has 0 aliphatic carbocycles. The molecule has 0 saturated carbocycles. The second-order valence-corrected chi connectivity index (χ2v) is 4.60. The summed E-state index contributed by atoms with van der Waals surface area (Å²) in [5.41, 5.74) is 1.34. The summed E-state index contributed by atoms with van der Waals surface area (Å²) >= 11 is 1.80. The van der Waals surface area contributed by atoms with Crippen molar-refractivity contribution in [3.05, 3.63) is 35.2 Å². The van der Waals surface area contributed by atoms with Crippen LogP contribution in [0, 0.1) is 0 Å². The Morgan fingerprint density at radius 3 is 2.94 bits per heavy atom. The molecular weight excluding hydrogens is 218 g/mol. The van der Waals surface area contributed by atoms with Crippen LogP contribution in [-0.4, -0.2) is 20.3 Å². The summed E-state index contributed by atoms with van der Waals surface area (Å²) in [4.78, 5) is 0. The van der Waals surface area contributed by atoms with Gasteiger partial charge in [-0.2, -0.15) is 0 Å². The first-order valence-corrected chi connectivity index (χ1v) is 6.46. The predicted molar refractivity (Wildman–Crippen MR) is 70.1 cm³/mol. The minimum Gasteiger partial charge on any atom is -0.380 e. The standard InChI is InChI=1S/C13H17NOS/c1-3-15-8-12(14-2)11-9-16-13-7-5-4-6-10(11)13/h4-7,9,12,14H,3,8H2,1-2H3. The zero-order chi connectivity index (χ0) is 11.4. The molecule has 1 aromatic heterocycles. The van der Waals surface area contributed by atoms with Crippen molar-refractivity contribution >= 4 is 21.4 Å². The fourth-order valence-electron chi connectivity index (χ4n) is 1.83. The molecule has 16 heavy (non-hydrogen) atoms. The summed E-state index contributed by atoms with van der Waals surface area (Å²) in [6.45, 7) is 3.52. The topological polar surface area (TPSA) is 21.3 Å². The molecule has 2 rings (SSSR count). The molecule has 0 saturated heterocycles. The highest BCUT2D eigenvalue weighted by molar-refractivity contribution is 7.17. The summed E-state index contributed by atoms with van der Waals surface area (Å²) in [7, 11) is 1.98. The molecule has 0 aliphatic heterocycles. The van der Waals surface area contributed by atoms with Crippen LogP contribution in [0.4, 0.5) is 0 Å². The van der Waals surface area contributed by atoms with E-state index in [2.05, 4.69) is 35.0 Å². The third-order valence-electron chi connectivity index (χ3n) is 2.72. The van der Waals surface area contributed by atoms with Crippen LogP contribution in [0.15, 0.2) is 29.6 Å². The highest BCUT2D eigenvalue weighted by Gasteiger charge is 2.13. The lowest BCUT2D eigenvalue weighted by Gasteiger charge is -2.15. The molecule has 1 unspecified atom stereocenters. The molecular formula is C13H17NOS. The van der Waals surface area contributed by atoms with Crippen LogP contribution in [0.2, 0.25) is 0 Å². The van der Waals surface area contributed by atoms with Gasteiger partial charge in [0.15, 0.2) is 0 Å². The van der Waals surface area contributed by atoms with E-state index in [1.165, 1.54) is 15.6 Å². The Morgan fingerprint density at radius 1 is 1.38 bits per heavy atom. The van der Waals surface area contributed by atoms with E-state index in [0.717, 1.165) is 13.2 Å². The molecule has 0 fully saturated rings. The number of nitrogens with one attached hydrogen (secondary N) is 1. The first-order valence-electron chi connectivity index (χ1n) is 5.58. The molecule has 0 radical (unpaired) electrons. The van der Waals surface area contributed by atoms with Crippen LogP contribution in [0.5, 0.6) is 0 Å². The molecule has 86 valence electrons. The highest BCUT2D eigenvalue weighted by atomic mass is 32.1. The van der Waals surface area contributed by atoms with E-state index in [0.29, 0.717) is 0 Å². The van der Waals surface area contributed by atoms with Crippen molar-refractivity contribution in [3.8, 4) is 0 Å². The van der Waals surface area contributed by atoms with Gasteiger partial charge in [0.05, 0.1) is 12.6 Å². The lowest BCUT2D eigenvalue weighted by molar-refractivity contribution is 0.126. The molecule has 1 aromatic carbocycles. The molecule has 3 heteroatoms. The maximum atomic E-state index is 5.50. The Kier molecular flexibility index (Phi) is 3.93. The summed E-state index contributed by atoms with van der Waals surface area (Å²) in [6, 6.07) is 8.80. The van der Waals surface area contributed by atoms with Crippen molar-refractivity contribution in [1.82, 2.24) is 5.32 Å². The van der Waals surface area contributed by atoms with Gasteiger partial charge in [-0.1, -0.05) is 18.2 Å². The van der Waals surface area contributed by atoms with Crippen LogP contribution >= 0.6 is 11.3 Å². The van der Waals surface area contributed by atoms with Crippen molar-refractivity contribution in [1.29, 1.82) is 0 Å². The van der Waals surface area contributed by atoms with E-state index < -0.39 is 0 Å². The number of hydrogen-bond acceptors (Lipinski definition) is 3.